The molecule has 0 aliphatic heterocycles. The molecular formula is C6H9AuNaO7. The summed E-state index contributed by atoms with van der Waals surface area (Å²) in [4.78, 5) is 30.5. The summed E-state index contributed by atoms with van der Waals surface area (Å²) in [6, 6.07) is 0. The molecule has 0 aliphatic rings. The minimum atomic E-state index is -2.74. The maximum absolute atomic E-state index is 10.3. The second-order valence-electron chi connectivity index (χ2n) is 2.48. The molecule has 0 atom stereocenters. The van der Waals surface area contributed by atoms with Crippen LogP contribution in [0.3, 0.4) is 0 Å². The van der Waals surface area contributed by atoms with Crippen LogP contribution in [0.5, 0.6) is 0 Å². The maximum atomic E-state index is 10.3. The molecule has 7 nitrogen and oxygen atoms in total. The summed E-state index contributed by atoms with van der Waals surface area (Å²) in [6.07, 6.45) is -2.29. The number of hydrogen-bond donors (Lipinski definition) is 4. The van der Waals surface area contributed by atoms with E-state index in [1.807, 2.05) is 0 Å². The standard InChI is InChI=1S/C6H8O7.Au.Na.H/c7-3(8)1-6(13,5(11)12)2-4(9)10;;;/h13H,1-2H2,(H,7,8)(H,9,10)(H,11,12);;;. The third kappa shape index (κ3) is 7.97. The summed E-state index contributed by atoms with van der Waals surface area (Å²) in [7, 11) is 0. The van der Waals surface area contributed by atoms with Crippen molar-refractivity contribution >= 4 is 47.5 Å². The van der Waals surface area contributed by atoms with E-state index in [1.54, 1.807) is 0 Å². The normalized spacial score (nSPS) is 9.40. The number of aliphatic hydroxyl groups is 1. The molecule has 1 radical (unpaired) electrons. The molecule has 15 heavy (non-hydrogen) atoms. The van der Waals surface area contributed by atoms with Crippen LogP contribution in [-0.4, -0.2) is 73.5 Å². The Labute approximate surface area is 122 Å². The van der Waals surface area contributed by atoms with Crippen molar-refractivity contribution in [3.05, 3.63) is 0 Å². The first-order valence-electron chi connectivity index (χ1n) is 3.17. The van der Waals surface area contributed by atoms with Crippen molar-refractivity contribution in [3.8, 4) is 0 Å². The summed E-state index contributed by atoms with van der Waals surface area (Å²) >= 11 is 0. The molecule has 0 aliphatic carbocycles. The summed E-state index contributed by atoms with van der Waals surface area (Å²) in [5.74, 6) is -5.02. The van der Waals surface area contributed by atoms with Gasteiger partial charge < -0.3 is 20.4 Å². The molecular weight excluding hydrogens is 404 g/mol. The summed E-state index contributed by atoms with van der Waals surface area (Å²) < 4.78 is 0. The molecule has 87 valence electrons. The zero-order valence-electron chi connectivity index (χ0n) is 6.73. The first kappa shape index (κ1) is 20.5. The minimum absolute atomic E-state index is 0. The second kappa shape index (κ2) is 8.28. The monoisotopic (exact) mass is 413 g/mol. The molecule has 0 amide bonds. The molecule has 0 aromatic carbocycles. The van der Waals surface area contributed by atoms with Crippen molar-refractivity contribution in [1.82, 2.24) is 0 Å². The Bertz CT molecular complexity index is 238. The quantitative estimate of drug-likeness (QED) is 0.387. The second-order valence-corrected chi connectivity index (χ2v) is 2.48. The Hall–Kier alpha value is 0.110. The van der Waals surface area contributed by atoms with E-state index in [0.717, 1.165) is 0 Å². The van der Waals surface area contributed by atoms with E-state index in [4.69, 9.17) is 20.4 Å². The number of carboxylic acids is 3. The van der Waals surface area contributed by atoms with Gasteiger partial charge in [-0.15, -0.1) is 0 Å². The fourth-order valence-corrected chi connectivity index (χ4v) is 0.714. The van der Waals surface area contributed by atoms with E-state index in [9.17, 15) is 14.4 Å². The molecule has 0 rings (SSSR count). The molecule has 0 spiro atoms. The number of carbonyl (C=O) groups is 3. The Morgan fingerprint density at radius 2 is 1.20 bits per heavy atom. The Balaban J connectivity index is -0.000000720. The van der Waals surface area contributed by atoms with Gasteiger partial charge in [0.25, 0.3) is 0 Å². The van der Waals surface area contributed by atoms with Gasteiger partial charge in [-0.1, -0.05) is 0 Å². The van der Waals surface area contributed by atoms with E-state index >= 15 is 0 Å². The topological polar surface area (TPSA) is 132 Å². The molecule has 0 unspecified atom stereocenters. The van der Waals surface area contributed by atoms with Crippen LogP contribution in [0.25, 0.3) is 0 Å². The van der Waals surface area contributed by atoms with Crippen LogP contribution in [0.15, 0.2) is 0 Å². The van der Waals surface area contributed by atoms with E-state index < -0.39 is 36.4 Å². The predicted molar refractivity (Wildman–Crippen MR) is 44.2 cm³/mol. The fourth-order valence-electron chi connectivity index (χ4n) is 0.714. The van der Waals surface area contributed by atoms with Crippen molar-refractivity contribution in [3.63, 3.8) is 0 Å². The Kier molecular flexibility index (Phi) is 11.3. The average molecular weight is 413 g/mol. The van der Waals surface area contributed by atoms with Gasteiger partial charge in [0.15, 0.2) is 5.60 Å². The zero-order chi connectivity index (χ0) is 10.6. The molecule has 0 saturated carbocycles. The summed E-state index contributed by atoms with van der Waals surface area (Å²) in [5.41, 5.74) is -2.74. The molecule has 0 aromatic rings. The number of aliphatic carboxylic acids is 3. The van der Waals surface area contributed by atoms with Crippen LogP contribution < -0.4 is 0 Å². The van der Waals surface area contributed by atoms with Crippen molar-refractivity contribution in [2.75, 3.05) is 0 Å². The molecule has 0 aromatic heterocycles. The number of carboxylic acid groups (broad SMARTS) is 3. The van der Waals surface area contributed by atoms with Gasteiger partial charge in [-0.25, -0.2) is 4.79 Å². The Morgan fingerprint density at radius 3 is 1.33 bits per heavy atom. The fraction of sp³-hybridized carbons (Fsp3) is 0.500. The van der Waals surface area contributed by atoms with Crippen LogP contribution in [0, 0.1) is 0 Å². The van der Waals surface area contributed by atoms with Gasteiger partial charge in [0.05, 0.1) is 12.8 Å². The van der Waals surface area contributed by atoms with Crippen molar-refractivity contribution in [2.24, 2.45) is 0 Å². The average Bonchev–Trinajstić information content (AvgIpc) is 1.82. The van der Waals surface area contributed by atoms with Crippen molar-refractivity contribution < 1.29 is 57.2 Å². The van der Waals surface area contributed by atoms with Gasteiger partial charge in [0, 0.05) is 22.4 Å². The van der Waals surface area contributed by atoms with E-state index in [-0.39, 0.29) is 51.9 Å². The van der Waals surface area contributed by atoms with Gasteiger partial charge in [0.2, 0.25) is 0 Å². The van der Waals surface area contributed by atoms with E-state index in [2.05, 4.69) is 0 Å². The van der Waals surface area contributed by atoms with Crippen LogP contribution in [0.1, 0.15) is 12.8 Å². The predicted octanol–water partition coefficient (Wildman–Crippen LogP) is -1.90. The summed E-state index contributed by atoms with van der Waals surface area (Å²) in [6.45, 7) is 0. The summed E-state index contributed by atoms with van der Waals surface area (Å²) in [5, 5.41) is 33.8. The molecule has 4 N–H and O–H groups in total. The third-order valence-corrected chi connectivity index (χ3v) is 1.29. The molecule has 0 heterocycles. The van der Waals surface area contributed by atoms with Gasteiger partial charge >= 0.3 is 47.5 Å². The van der Waals surface area contributed by atoms with Crippen molar-refractivity contribution in [1.29, 1.82) is 0 Å². The molecule has 9 heteroatoms. The number of hydrogen-bond acceptors (Lipinski definition) is 4. The number of rotatable bonds is 5. The first-order chi connectivity index (χ1) is 5.78. The van der Waals surface area contributed by atoms with Crippen molar-refractivity contribution in [2.45, 2.75) is 18.4 Å². The van der Waals surface area contributed by atoms with Gasteiger partial charge in [-0.05, 0) is 0 Å². The first-order valence-corrected chi connectivity index (χ1v) is 3.17. The van der Waals surface area contributed by atoms with Gasteiger partial charge in [-0.2, -0.15) is 0 Å². The molecule has 0 saturated heterocycles. The molecule has 0 bridgehead atoms. The van der Waals surface area contributed by atoms with Crippen LogP contribution >= 0.6 is 0 Å². The van der Waals surface area contributed by atoms with Crippen LogP contribution in [0.4, 0.5) is 0 Å². The third-order valence-electron chi connectivity index (χ3n) is 1.29. The van der Waals surface area contributed by atoms with E-state index in [1.165, 1.54) is 0 Å². The van der Waals surface area contributed by atoms with Crippen LogP contribution in [0.2, 0.25) is 0 Å². The van der Waals surface area contributed by atoms with E-state index in [0.29, 0.717) is 0 Å². The van der Waals surface area contributed by atoms with Gasteiger partial charge in [0.1, 0.15) is 0 Å². The molecule has 0 fully saturated rings. The SMILES string of the molecule is O=C(O)CC(O)(CC(=O)O)C(=O)O.[Au].[NaH]. The van der Waals surface area contributed by atoms with Crippen LogP contribution in [-0.2, 0) is 36.8 Å². The zero-order valence-corrected chi connectivity index (χ0v) is 8.90. The van der Waals surface area contributed by atoms with Gasteiger partial charge in [-0.3, -0.25) is 9.59 Å². The Morgan fingerprint density at radius 1 is 0.933 bits per heavy atom.